The van der Waals surface area contributed by atoms with E-state index in [9.17, 15) is 0 Å². The van der Waals surface area contributed by atoms with Crippen LogP contribution in [0.25, 0.3) is 0 Å². The van der Waals surface area contributed by atoms with Gasteiger partial charge in [-0.05, 0) is 32.4 Å². The Hall–Kier alpha value is -1.00. The predicted molar refractivity (Wildman–Crippen MR) is 68.7 cm³/mol. The highest BCUT2D eigenvalue weighted by Gasteiger charge is 2.27. The maximum atomic E-state index is 5.51. The molecule has 0 fully saturated rings. The van der Waals surface area contributed by atoms with E-state index in [2.05, 4.69) is 29.1 Å². The number of ether oxygens (including phenoxy) is 1. The maximum Gasteiger partial charge on any atom is 0.160 e. The van der Waals surface area contributed by atoms with Crippen LogP contribution < -0.4 is 5.32 Å². The molecule has 0 amide bonds. The van der Waals surface area contributed by atoms with Gasteiger partial charge in [0.25, 0.3) is 0 Å². The van der Waals surface area contributed by atoms with Gasteiger partial charge in [0.2, 0.25) is 0 Å². The first-order valence-corrected chi connectivity index (χ1v) is 6.24. The van der Waals surface area contributed by atoms with Crippen molar-refractivity contribution < 1.29 is 4.74 Å². The van der Waals surface area contributed by atoms with E-state index in [1.807, 2.05) is 13.0 Å². The summed E-state index contributed by atoms with van der Waals surface area (Å²) in [6.45, 7) is 8.04. The Morgan fingerprint density at radius 1 is 1.41 bits per heavy atom. The third-order valence-corrected chi connectivity index (χ3v) is 3.04. The molecule has 0 bridgehead atoms. The average molecular weight is 237 g/mol. The number of rotatable bonds is 7. The van der Waals surface area contributed by atoms with Gasteiger partial charge in [0.05, 0.1) is 5.69 Å². The molecule has 1 rings (SSSR count). The average Bonchev–Trinajstić information content (AvgIpc) is 2.38. The largest absolute Gasteiger partial charge is 0.371 e. The summed E-state index contributed by atoms with van der Waals surface area (Å²) < 4.78 is 5.51. The monoisotopic (exact) mass is 237 g/mol. The molecule has 96 valence electrons. The topological polar surface area (TPSA) is 47.0 Å². The summed E-state index contributed by atoms with van der Waals surface area (Å²) in [5.41, 5.74) is 0.626. The van der Waals surface area contributed by atoms with E-state index in [1.165, 1.54) is 0 Å². The van der Waals surface area contributed by atoms with E-state index in [4.69, 9.17) is 4.74 Å². The summed E-state index contributed by atoms with van der Waals surface area (Å²) in [6.07, 6.45) is 3.79. The number of hydrogen-bond acceptors (Lipinski definition) is 4. The molecule has 0 radical (unpaired) electrons. The highest BCUT2D eigenvalue weighted by Crippen LogP contribution is 2.24. The van der Waals surface area contributed by atoms with Crippen molar-refractivity contribution in [1.29, 1.82) is 0 Å². The van der Waals surface area contributed by atoms with Crippen molar-refractivity contribution in [2.24, 2.45) is 0 Å². The van der Waals surface area contributed by atoms with Crippen LogP contribution in [-0.4, -0.2) is 23.6 Å². The van der Waals surface area contributed by atoms with Gasteiger partial charge in [-0.1, -0.05) is 13.8 Å². The number of methoxy groups -OCH3 is 1. The zero-order valence-electron chi connectivity index (χ0n) is 11.3. The molecule has 0 aliphatic heterocycles. The van der Waals surface area contributed by atoms with E-state index < -0.39 is 0 Å². The maximum absolute atomic E-state index is 5.51. The molecular weight excluding hydrogens is 214 g/mol. The zero-order valence-corrected chi connectivity index (χ0v) is 11.3. The molecule has 0 spiro atoms. The first kappa shape index (κ1) is 14.1. The van der Waals surface area contributed by atoms with Gasteiger partial charge in [-0.15, -0.1) is 0 Å². The van der Waals surface area contributed by atoms with Gasteiger partial charge in [-0.3, -0.25) is 0 Å². The van der Waals surface area contributed by atoms with E-state index in [0.29, 0.717) is 0 Å². The van der Waals surface area contributed by atoms with Crippen LogP contribution in [0, 0.1) is 0 Å². The molecule has 4 nitrogen and oxygen atoms in total. The quantitative estimate of drug-likeness (QED) is 0.739. The Bertz CT molecular complexity index is 337. The van der Waals surface area contributed by atoms with Crippen molar-refractivity contribution in [3.8, 4) is 0 Å². The molecule has 1 aromatic heterocycles. The normalized spacial score (nSPS) is 14.6. The minimum Gasteiger partial charge on any atom is -0.371 e. The van der Waals surface area contributed by atoms with E-state index in [0.717, 1.165) is 37.4 Å². The fourth-order valence-corrected chi connectivity index (χ4v) is 1.54. The molecule has 1 atom stereocenters. The van der Waals surface area contributed by atoms with Crippen molar-refractivity contribution in [3.63, 3.8) is 0 Å². The molecular formula is C13H23N3O. The van der Waals surface area contributed by atoms with Crippen molar-refractivity contribution in [3.05, 3.63) is 23.8 Å². The van der Waals surface area contributed by atoms with Crippen molar-refractivity contribution in [2.75, 3.05) is 13.7 Å². The first-order valence-electron chi connectivity index (χ1n) is 6.24. The third-order valence-electron chi connectivity index (χ3n) is 3.04. The number of nitrogens with one attached hydrogen (secondary N) is 1. The van der Waals surface area contributed by atoms with Crippen LogP contribution in [0.4, 0.5) is 0 Å². The van der Waals surface area contributed by atoms with Gasteiger partial charge in [0.15, 0.2) is 5.82 Å². The van der Waals surface area contributed by atoms with Crippen LogP contribution >= 0.6 is 0 Å². The van der Waals surface area contributed by atoms with Gasteiger partial charge in [-0.2, -0.15) is 0 Å². The highest BCUT2D eigenvalue weighted by atomic mass is 16.5. The fourth-order valence-electron chi connectivity index (χ4n) is 1.54. The minimum atomic E-state index is -0.388. The number of nitrogens with zero attached hydrogens (tertiary/aromatic N) is 2. The summed E-state index contributed by atoms with van der Waals surface area (Å²) in [5, 5.41) is 3.33. The molecule has 1 N–H and O–H groups in total. The van der Waals surface area contributed by atoms with Gasteiger partial charge < -0.3 is 10.1 Å². The molecule has 1 aromatic rings. The fraction of sp³-hybridized carbons (Fsp3) is 0.692. The minimum absolute atomic E-state index is 0.388. The summed E-state index contributed by atoms with van der Waals surface area (Å²) in [6, 6.07) is 1.94. The summed E-state index contributed by atoms with van der Waals surface area (Å²) in [5.74, 6) is 0.762. The Morgan fingerprint density at radius 3 is 2.76 bits per heavy atom. The second-order valence-electron chi connectivity index (χ2n) is 4.34. The van der Waals surface area contributed by atoms with Crippen LogP contribution in [0.15, 0.2) is 12.3 Å². The third kappa shape index (κ3) is 3.75. The van der Waals surface area contributed by atoms with Gasteiger partial charge >= 0.3 is 0 Å². The van der Waals surface area contributed by atoms with Crippen LogP contribution in [0.2, 0.25) is 0 Å². The second kappa shape index (κ2) is 6.67. The number of aromatic nitrogens is 2. The highest BCUT2D eigenvalue weighted by molar-refractivity contribution is 5.07. The van der Waals surface area contributed by atoms with Crippen LogP contribution in [0.5, 0.6) is 0 Å². The Labute approximate surface area is 104 Å². The summed E-state index contributed by atoms with van der Waals surface area (Å²) >= 11 is 0. The Morgan fingerprint density at radius 2 is 2.18 bits per heavy atom. The lowest BCUT2D eigenvalue weighted by Gasteiger charge is -2.25. The first-order chi connectivity index (χ1) is 8.16. The van der Waals surface area contributed by atoms with E-state index in [-0.39, 0.29) is 5.60 Å². The van der Waals surface area contributed by atoms with Crippen LogP contribution in [0.1, 0.15) is 45.1 Å². The molecule has 0 saturated heterocycles. The molecule has 1 unspecified atom stereocenters. The van der Waals surface area contributed by atoms with Gasteiger partial charge in [-0.25, -0.2) is 9.97 Å². The Kier molecular flexibility index (Phi) is 5.51. The Balaban J connectivity index is 2.78. The van der Waals surface area contributed by atoms with E-state index in [1.54, 1.807) is 13.3 Å². The van der Waals surface area contributed by atoms with Crippen LogP contribution in [0.3, 0.4) is 0 Å². The van der Waals surface area contributed by atoms with Crippen LogP contribution in [-0.2, 0) is 16.9 Å². The standard InChI is InChI=1S/C13H23N3O/c1-5-8-14-10-11-7-9-15-12(16-11)13(3,6-2)17-4/h7,9,14H,5-6,8,10H2,1-4H3. The number of hydrogen-bond donors (Lipinski definition) is 1. The van der Waals surface area contributed by atoms with E-state index >= 15 is 0 Å². The zero-order chi connectivity index (χ0) is 12.7. The summed E-state index contributed by atoms with van der Waals surface area (Å²) in [7, 11) is 1.70. The molecule has 0 aromatic carbocycles. The molecule has 17 heavy (non-hydrogen) atoms. The smallest absolute Gasteiger partial charge is 0.160 e. The van der Waals surface area contributed by atoms with Gasteiger partial charge in [0, 0.05) is 19.9 Å². The van der Waals surface area contributed by atoms with Crippen molar-refractivity contribution >= 4 is 0 Å². The lowest BCUT2D eigenvalue weighted by molar-refractivity contribution is -0.00917. The lowest BCUT2D eigenvalue weighted by Crippen LogP contribution is -2.27. The SMILES string of the molecule is CCCNCc1ccnc(C(C)(CC)OC)n1. The van der Waals surface area contributed by atoms with Crippen molar-refractivity contribution in [2.45, 2.75) is 45.8 Å². The molecule has 0 aliphatic carbocycles. The lowest BCUT2D eigenvalue weighted by atomic mass is 10.0. The molecule has 4 heteroatoms. The predicted octanol–water partition coefficient (Wildman–Crippen LogP) is 2.25. The van der Waals surface area contributed by atoms with Crippen molar-refractivity contribution in [1.82, 2.24) is 15.3 Å². The molecule has 0 saturated carbocycles. The second-order valence-corrected chi connectivity index (χ2v) is 4.34. The molecule has 0 aliphatic rings. The molecule has 1 heterocycles. The van der Waals surface area contributed by atoms with Gasteiger partial charge in [0.1, 0.15) is 5.60 Å². The summed E-state index contributed by atoms with van der Waals surface area (Å²) in [4.78, 5) is 8.88.